The molecule has 1 aromatic carbocycles. The molecule has 1 saturated heterocycles. The van der Waals surface area contributed by atoms with Gasteiger partial charge in [0.15, 0.2) is 11.5 Å². The van der Waals surface area contributed by atoms with E-state index in [1.54, 1.807) is 30.0 Å². The molecule has 1 amide bonds. The first kappa shape index (κ1) is 19.9. The van der Waals surface area contributed by atoms with Crippen molar-refractivity contribution < 1.29 is 28.9 Å². The molecule has 0 aromatic heterocycles. The van der Waals surface area contributed by atoms with Crippen molar-refractivity contribution in [2.45, 2.75) is 32.8 Å². The van der Waals surface area contributed by atoms with Crippen LogP contribution in [-0.4, -0.2) is 54.9 Å². The van der Waals surface area contributed by atoms with E-state index in [-0.39, 0.29) is 28.9 Å². The third kappa shape index (κ3) is 3.89. The van der Waals surface area contributed by atoms with Gasteiger partial charge >= 0.3 is 5.97 Å². The highest BCUT2D eigenvalue weighted by atomic mass is 16.5. The zero-order chi connectivity index (χ0) is 20.3. The summed E-state index contributed by atoms with van der Waals surface area (Å²) in [7, 11) is 1.29. The highest BCUT2D eigenvalue weighted by Crippen LogP contribution is 2.34. The van der Waals surface area contributed by atoms with Crippen LogP contribution in [0.5, 0.6) is 11.5 Å². The van der Waals surface area contributed by atoms with Gasteiger partial charge < -0.3 is 24.2 Å². The molecule has 0 radical (unpaired) electrons. The Balaban J connectivity index is 1.98. The molecule has 0 bridgehead atoms. The summed E-state index contributed by atoms with van der Waals surface area (Å²) >= 11 is 0. The lowest BCUT2D eigenvalue weighted by atomic mass is 10.0. The topological polar surface area (TPSA) is 85.3 Å². The maximum atomic E-state index is 13.1. The fraction of sp³-hybridized carbons (Fsp3) is 0.429. The summed E-state index contributed by atoms with van der Waals surface area (Å²) in [5.41, 5.74) is 1.70. The number of benzene rings is 1. The van der Waals surface area contributed by atoms with Crippen molar-refractivity contribution in [1.82, 2.24) is 4.90 Å². The smallest absolute Gasteiger partial charge is 0.340 e. The largest absolute Gasteiger partial charge is 0.504 e. The Morgan fingerprint density at radius 3 is 2.86 bits per heavy atom. The second kappa shape index (κ2) is 8.48. The van der Waals surface area contributed by atoms with Crippen LogP contribution in [0.25, 0.3) is 6.08 Å². The van der Waals surface area contributed by atoms with Crippen LogP contribution >= 0.6 is 0 Å². The molecule has 150 valence electrons. The number of aromatic hydroxyl groups is 1. The van der Waals surface area contributed by atoms with Crippen LogP contribution in [-0.2, 0) is 19.1 Å². The Labute approximate surface area is 164 Å². The average Bonchev–Trinajstić information content (AvgIpc) is 3.27. The van der Waals surface area contributed by atoms with Gasteiger partial charge in [-0.3, -0.25) is 4.79 Å². The molecular formula is C21H25NO6. The van der Waals surface area contributed by atoms with E-state index in [2.05, 4.69) is 0 Å². The lowest BCUT2D eigenvalue weighted by Gasteiger charge is -2.21. The van der Waals surface area contributed by atoms with Crippen LogP contribution in [0.1, 0.15) is 32.3 Å². The number of nitrogens with zero attached hydrogens (tertiary/aromatic N) is 1. The molecule has 0 unspecified atom stereocenters. The number of allylic oxidation sites excluding steroid dienone is 1. The summed E-state index contributed by atoms with van der Waals surface area (Å²) in [5.74, 6) is -0.490. The number of phenols is 1. The van der Waals surface area contributed by atoms with Crippen LogP contribution in [0, 0.1) is 0 Å². The third-order valence-electron chi connectivity index (χ3n) is 4.91. The van der Waals surface area contributed by atoms with Gasteiger partial charge in [0.05, 0.1) is 37.5 Å². The number of esters is 1. The Morgan fingerprint density at radius 2 is 2.21 bits per heavy atom. The minimum absolute atomic E-state index is 0.0154. The Morgan fingerprint density at radius 1 is 1.43 bits per heavy atom. The van der Waals surface area contributed by atoms with Crippen molar-refractivity contribution in [3.05, 3.63) is 40.6 Å². The van der Waals surface area contributed by atoms with Crippen LogP contribution in [0.2, 0.25) is 0 Å². The lowest BCUT2D eigenvalue weighted by molar-refractivity contribution is -0.136. The third-order valence-corrected chi connectivity index (χ3v) is 4.91. The van der Waals surface area contributed by atoms with E-state index in [0.29, 0.717) is 36.8 Å². The van der Waals surface area contributed by atoms with E-state index in [9.17, 15) is 14.7 Å². The fourth-order valence-electron chi connectivity index (χ4n) is 3.50. The zero-order valence-corrected chi connectivity index (χ0v) is 16.4. The lowest BCUT2D eigenvalue weighted by Crippen LogP contribution is -2.33. The minimum Gasteiger partial charge on any atom is -0.504 e. The molecule has 1 fully saturated rings. The van der Waals surface area contributed by atoms with Crippen molar-refractivity contribution >= 4 is 18.0 Å². The normalized spacial score (nSPS) is 21.0. The van der Waals surface area contributed by atoms with Crippen molar-refractivity contribution in [3.8, 4) is 11.5 Å². The molecule has 28 heavy (non-hydrogen) atoms. The predicted molar refractivity (Wildman–Crippen MR) is 103 cm³/mol. The maximum Gasteiger partial charge on any atom is 0.340 e. The summed E-state index contributed by atoms with van der Waals surface area (Å²) in [6, 6.07) is 4.78. The van der Waals surface area contributed by atoms with E-state index in [4.69, 9.17) is 14.2 Å². The maximum absolute atomic E-state index is 13.1. The quantitative estimate of drug-likeness (QED) is 0.597. The van der Waals surface area contributed by atoms with Gasteiger partial charge in [-0.15, -0.1) is 0 Å². The molecule has 1 atom stereocenters. The predicted octanol–water partition coefficient (Wildman–Crippen LogP) is 2.64. The molecule has 7 heteroatoms. The van der Waals surface area contributed by atoms with Crippen LogP contribution in [0.4, 0.5) is 0 Å². The zero-order valence-electron chi connectivity index (χ0n) is 16.4. The molecular weight excluding hydrogens is 362 g/mol. The molecule has 0 spiro atoms. The minimum atomic E-state index is -0.559. The second-order valence-electron chi connectivity index (χ2n) is 6.72. The summed E-state index contributed by atoms with van der Waals surface area (Å²) in [6.07, 6.45) is 3.44. The van der Waals surface area contributed by atoms with Crippen LogP contribution in [0.15, 0.2) is 35.0 Å². The monoisotopic (exact) mass is 387 g/mol. The van der Waals surface area contributed by atoms with Gasteiger partial charge in [0.25, 0.3) is 5.91 Å². The number of amides is 1. The Hall–Kier alpha value is -2.80. The molecule has 0 aliphatic carbocycles. The van der Waals surface area contributed by atoms with E-state index in [1.165, 1.54) is 13.2 Å². The van der Waals surface area contributed by atoms with E-state index in [0.717, 1.165) is 12.8 Å². The van der Waals surface area contributed by atoms with E-state index < -0.39 is 5.97 Å². The van der Waals surface area contributed by atoms with Gasteiger partial charge in [-0.05, 0) is 50.5 Å². The van der Waals surface area contributed by atoms with Gasteiger partial charge in [0, 0.05) is 12.3 Å². The molecule has 1 N–H and O–H groups in total. The first-order valence-corrected chi connectivity index (χ1v) is 9.36. The molecule has 1 aromatic rings. The van der Waals surface area contributed by atoms with Crippen molar-refractivity contribution in [2.24, 2.45) is 0 Å². The Kier molecular flexibility index (Phi) is 6.04. The van der Waals surface area contributed by atoms with Gasteiger partial charge in [0.1, 0.15) is 0 Å². The highest BCUT2D eigenvalue weighted by Gasteiger charge is 2.38. The molecule has 0 saturated carbocycles. The molecule has 2 aliphatic heterocycles. The van der Waals surface area contributed by atoms with E-state index in [1.807, 2.05) is 6.92 Å². The van der Waals surface area contributed by atoms with E-state index >= 15 is 0 Å². The standard InChI is InChI=1S/C21H25NO6/c1-4-27-18-11-14(7-8-17(18)23)10-16-19(21(25)26-3)13(2)22(20(16)24)12-15-6-5-9-28-15/h7-8,10-11,15,23H,4-6,9,12H2,1-3H3/b16-10+/t15-/m0/s1. The summed E-state index contributed by atoms with van der Waals surface area (Å²) in [4.78, 5) is 27.1. The second-order valence-corrected chi connectivity index (χ2v) is 6.72. The number of ether oxygens (including phenoxy) is 3. The first-order chi connectivity index (χ1) is 13.5. The summed E-state index contributed by atoms with van der Waals surface area (Å²) in [5, 5.41) is 9.88. The fourth-order valence-corrected chi connectivity index (χ4v) is 3.50. The first-order valence-electron chi connectivity index (χ1n) is 9.36. The van der Waals surface area contributed by atoms with Crippen molar-refractivity contribution in [2.75, 3.05) is 26.9 Å². The van der Waals surface area contributed by atoms with Gasteiger partial charge in [-0.25, -0.2) is 4.79 Å². The van der Waals surface area contributed by atoms with Gasteiger partial charge in [0.2, 0.25) is 0 Å². The highest BCUT2D eigenvalue weighted by molar-refractivity contribution is 6.16. The summed E-state index contributed by atoms with van der Waals surface area (Å²) in [6.45, 7) is 5.05. The number of phenolic OH excluding ortho intramolecular Hbond substituents is 1. The van der Waals surface area contributed by atoms with Crippen LogP contribution in [0.3, 0.4) is 0 Å². The number of methoxy groups -OCH3 is 1. The SMILES string of the molecule is CCOc1cc(/C=C2/C(=O)N(C[C@@H]3CCCO3)C(C)=C2C(=O)OC)ccc1O. The van der Waals surface area contributed by atoms with Crippen molar-refractivity contribution in [3.63, 3.8) is 0 Å². The molecule has 7 nitrogen and oxygen atoms in total. The number of hydrogen-bond donors (Lipinski definition) is 1. The molecule has 2 heterocycles. The Bertz CT molecular complexity index is 835. The van der Waals surface area contributed by atoms with Gasteiger partial charge in [-0.1, -0.05) is 6.07 Å². The average molecular weight is 387 g/mol. The molecule has 3 rings (SSSR count). The number of rotatable bonds is 6. The number of hydrogen-bond acceptors (Lipinski definition) is 6. The van der Waals surface area contributed by atoms with Crippen LogP contribution < -0.4 is 4.74 Å². The number of carbonyl (C=O) groups excluding carboxylic acids is 2. The number of carbonyl (C=O) groups is 2. The molecule has 2 aliphatic rings. The van der Waals surface area contributed by atoms with Gasteiger partial charge in [-0.2, -0.15) is 0 Å². The van der Waals surface area contributed by atoms with Crippen molar-refractivity contribution in [1.29, 1.82) is 0 Å². The summed E-state index contributed by atoms with van der Waals surface area (Å²) < 4.78 is 16.0.